The second kappa shape index (κ2) is 12.3. The lowest BCUT2D eigenvalue weighted by Crippen LogP contribution is -2.48. The normalized spacial score (nSPS) is 24.0. The van der Waals surface area contributed by atoms with Gasteiger partial charge in [-0.1, -0.05) is 11.6 Å². The average Bonchev–Trinajstić information content (AvgIpc) is 3.46. The molecule has 33 heavy (non-hydrogen) atoms. The van der Waals surface area contributed by atoms with Gasteiger partial charge in [0.2, 0.25) is 5.91 Å². The van der Waals surface area contributed by atoms with E-state index in [1.165, 1.54) is 40.4 Å². The van der Waals surface area contributed by atoms with Gasteiger partial charge in [0, 0.05) is 43.8 Å². The number of carboxylic acid groups (broad SMARTS) is 2. The number of fused-ring (bicyclic) bond motifs is 3. The molecule has 8 nitrogen and oxygen atoms in total. The largest absolute Gasteiger partial charge is 0.481 e. The molecule has 1 aliphatic carbocycles. The number of hydrogen-bond donors (Lipinski definition) is 4. The van der Waals surface area contributed by atoms with Gasteiger partial charge >= 0.3 is 0 Å². The smallest absolute Gasteiger partial charge is 0.300 e. The van der Waals surface area contributed by atoms with Crippen LogP contribution in [0.25, 0.3) is 0 Å². The fraction of sp³-hybridized carbons (Fsp3) is 0.667. The Morgan fingerprint density at radius 3 is 2.33 bits per heavy atom. The number of aromatic nitrogens is 1. The first-order valence-electron chi connectivity index (χ1n) is 11.6. The minimum Gasteiger partial charge on any atom is -0.481 e. The zero-order valence-corrected chi connectivity index (χ0v) is 20.9. The first-order valence-corrected chi connectivity index (χ1v) is 12.4. The van der Waals surface area contributed by atoms with Crippen molar-refractivity contribution in [3.63, 3.8) is 0 Å². The highest BCUT2D eigenvalue weighted by Crippen LogP contribution is 2.46. The van der Waals surface area contributed by atoms with Crippen molar-refractivity contribution in [3.05, 3.63) is 27.2 Å². The van der Waals surface area contributed by atoms with Crippen molar-refractivity contribution < 1.29 is 24.6 Å². The molecule has 3 heterocycles. The molecule has 9 heteroatoms. The minimum absolute atomic E-state index is 0.244. The van der Waals surface area contributed by atoms with E-state index in [-0.39, 0.29) is 11.3 Å². The quantitative estimate of drug-likeness (QED) is 0.461. The van der Waals surface area contributed by atoms with Crippen molar-refractivity contribution in [1.29, 1.82) is 0 Å². The lowest BCUT2D eigenvalue weighted by molar-refractivity contribution is -0.135. The van der Waals surface area contributed by atoms with Crippen LogP contribution in [0, 0.1) is 5.41 Å². The predicted octanol–water partition coefficient (Wildman–Crippen LogP) is 3.34. The van der Waals surface area contributed by atoms with E-state index in [9.17, 15) is 4.79 Å². The van der Waals surface area contributed by atoms with Crippen LogP contribution in [0.1, 0.15) is 75.4 Å². The lowest BCUT2D eigenvalue weighted by atomic mass is 9.70. The Morgan fingerprint density at radius 1 is 1.15 bits per heavy atom. The first-order chi connectivity index (χ1) is 15.5. The molecule has 0 radical (unpaired) electrons. The number of aliphatic carboxylic acids is 2. The summed E-state index contributed by atoms with van der Waals surface area (Å²) in [5.74, 6) is -1.42. The second-order valence-electron chi connectivity index (χ2n) is 9.21. The molecule has 1 amide bonds. The summed E-state index contributed by atoms with van der Waals surface area (Å²) in [6.45, 7) is 7.11. The molecule has 0 unspecified atom stereocenters. The van der Waals surface area contributed by atoms with Gasteiger partial charge in [-0.25, -0.2) is 4.98 Å². The number of nitrogens with zero attached hydrogens (tertiary/aromatic N) is 1. The van der Waals surface area contributed by atoms with Gasteiger partial charge in [0.1, 0.15) is 0 Å². The van der Waals surface area contributed by atoms with Gasteiger partial charge in [-0.2, -0.15) is 0 Å². The minimum atomic E-state index is -0.833. The maximum atomic E-state index is 13.1. The Kier molecular flexibility index (Phi) is 10.0. The number of hydrogen-bond acceptors (Lipinski definition) is 6. The summed E-state index contributed by atoms with van der Waals surface area (Å²) in [5.41, 5.74) is 2.36. The summed E-state index contributed by atoms with van der Waals surface area (Å²) in [4.78, 5) is 37.3. The zero-order valence-electron chi connectivity index (χ0n) is 20.1. The Hall–Kier alpha value is -2.26. The van der Waals surface area contributed by atoms with E-state index in [1.54, 1.807) is 0 Å². The van der Waals surface area contributed by atoms with Crippen LogP contribution in [-0.2, 0) is 33.6 Å². The van der Waals surface area contributed by atoms with Gasteiger partial charge in [0.25, 0.3) is 11.9 Å². The van der Waals surface area contributed by atoms with Crippen LogP contribution >= 0.6 is 11.3 Å². The van der Waals surface area contributed by atoms with Crippen molar-refractivity contribution in [3.8, 4) is 0 Å². The number of carboxylic acids is 2. The maximum absolute atomic E-state index is 13.1. The molecule has 0 aromatic carbocycles. The fourth-order valence-electron chi connectivity index (χ4n) is 4.76. The molecule has 3 atom stereocenters. The molecule has 4 N–H and O–H groups in total. The van der Waals surface area contributed by atoms with Gasteiger partial charge in [0.15, 0.2) is 0 Å². The van der Waals surface area contributed by atoms with E-state index >= 15 is 0 Å². The SMILES string of the molecule is CC(=O)O.CC(=O)O.CC(C)=CC[C@@]1(C(=O)NCCc2nc3c(s2)CCC3)C[C@@H]2CC[C@H]1N2. The Morgan fingerprint density at radius 2 is 1.82 bits per heavy atom. The van der Waals surface area contributed by atoms with Gasteiger partial charge in [-0.05, 0) is 58.8 Å². The molecule has 2 saturated heterocycles. The molecule has 0 saturated carbocycles. The van der Waals surface area contributed by atoms with Gasteiger partial charge in [-0.3, -0.25) is 14.4 Å². The highest BCUT2D eigenvalue weighted by molar-refractivity contribution is 7.11. The van der Waals surface area contributed by atoms with Crippen LogP contribution in [0.3, 0.4) is 0 Å². The summed E-state index contributed by atoms with van der Waals surface area (Å²) in [5, 5.41) is 22.9. The van der Waals surface area contributed by atoms with Crippen LogP contribution in [0.15, 0.2) is 11.6 Å². The van der Waals surface area contributed by atoms with Crippen molar-refractivity contribution in [2.45, 2.75) is 91.1 Å². The van der Waals surface area contributed by atoms with Gasteiger partial charge < -0.3 is 20.8 Å². The molecule has 1 aromatic heterocycles. The highest BCUT2D eigenvalue weighted by Gasteiger charge is 2.54. The summed E-state index contributed by atoms with van der Waals surface area (Å²) in [6, 6.07) is 0.875. The standard InChI is InChI=1S/C20H29N3OS.2C2H4O2/c1-13(2)8-10-20(12-14-6-7-17(20)22-14)19(24)21-11-9-18-23-15-4-3-5-16(15)25-18;2*1-2(3)4/h8,14,17,22H,3-7,9-12H2,1-2H3,(H,21,24);2*1H3,(H,3,4)/t14-,17+,20+;;/m0../s1. The van der Waals surface area contributed by atoms with E-state index in [4.69, 9.17) is 24.8 Å². The third-order valence-corrected chi connectivity index (χ3v) is 7.33. The third-order valence-electron chi connectivity index (χ3n) is 6.11. The van der Waals surface area contributed by atoms with Crippen molar-refractivity contribution >= 4 is 29.2 Å². The highest BCUT2D eigenvalue weighted by atomic mass is 32.1. The fourth-order valence-corrected chi connectivity index (χ4v) is 5.92. The number of carbonyl (C=O) groups excluding carboxylic acids is 1. The Bertz CT molecular complexity index is 836. The number of nitrogens with one attached hydrogen (secondary N) is 2. The lowest BCUT2D eigenvalue weighted by Gasteiger charge is -2.34. The summed E-state index contributed by atoms with van der Waals surface area (Å²) >= 11 is 1.85. The number of amides is 1. The van der Waals surface area contributed by atoms with E-state index in [0.717, 1.165) is 46.0 Å². The van der Waals surface area contributed by atoms with E-state index in [2.05, 4.69) is 30.6 Å². The third kappa shape index (κ3) is 7.92. The topological polar surface area (TPSA) is 129 Å². The molecule has 2 bridgehead atoms. The Balaban J connectivity index is 0.000000420. The molecule has 3 aliphatic rings. The van der Waals surface area contributed by atoms with Crippen LogP contribution in [0.2, 0.25) is 0 Å². The molecular weight excluding hydrogens is 442 g/mol. The van der Waals surface area contributed by atoms with Crippen LogP contribution in [0.5, 0.6) is 0 Å². The van der Waals surface area contributed by atoms with Crippen molar-refractivity contribution in [2.24, 2.45) is 5.41 Å². The number of allylic oxidation sites excluding steroid dienone is 2. The van der Waals surface area contributed by atoms with Crippen molar-refractivity contribution in [2.75, 3.05) is 6.54 Å². The van der Waals surface area contributed by atoms with E-state index < -0.39 is 11.9 Å². The molecule has 2 fully saturated rings. The zero-order chi connectivity index (χ0) is 24.6. The summed E-state index contributed by atoms with van der Waals surface area (Å²) in [7, 11) is 0. The van der Waals surface area contributed by atoms with Crippen LogP contribution < -0.4 is 10.6 Å². The molecule has 0 spiro atoms. The molecule has 4 rings (SSSR count). The van der Waals surface area contributed by atoms with Crippen LogP contribution in [0.4, 0.5) is 0 Å². The average molecular weight is 480 g/mol. The monoisotopic (exact) mass is 479 g/mol. The van der Waals surface area contributed by atoms with Crippen molar-refractivity contribution in [1.82, 2.24) is 15.6 Å². The molecule has 184 valence electrons. The predicted molar refractivity (Wildman–Crippen MR) is 129 cm³/mol. The van der Waals surface area contributed by atoms with E-state index in [0.29, 0.717) is 18.6 Å². The van der Waals surface area contributed by atoms with Crippen LogP contribution in [-0.4, -0.2) is 51.7 Å². The second-order valence-corrected chi connectivity index (χ2v) is 10.4. The van der Waals surface area contributed by atoms with Gasteiger partial charge in [0.05, 0.1) is 16.1 Å². The molecular formula is C24H37N3O5S. The van der Waals surface area contributed by atoms with E-state index in [1.807, 2.05) is 11.3 Å². The number of carbonyl (C=O) groups is 3. The van der Waals surface area contributed by atoms with Gasteiger partial charge in [-0.15, -0.1) is 11.3 Å². The summed E-state index contributed by atoms with van der Waals surface area (Å²) < 4.78 is 0. The number of thiazole rings is 1. The molecule has 1 aromatic rings. The number of rotatable bonds is 6. The molecule has 2 aliphatic heterocycles. The number of aryl methyl sites for hydroxylation is 2. The maximum Gasteiger partial charge on any atom is 0.300 e. The summed E-state index contributed by atoms with van der Waals surface area (Å²) in [6.07, 6.45) is 10.9. The Labute approximate surface area is 199 Å². The first kappa shape index (κ1) is 27.0.